The zero-order chi connectivity index (χ0) is 11.6. The van der Waals surface area contributed by atoms with Gasteiger partial charge in [0.15, 0.2) is 0 Å². The predicted molar refractivity (Wildman–Crippen MR) is 62.7 cm³/mol. The highest BCUT2D eigenvalue weighted by atomic mass is 28.4. The van der Waals surface area contributed by atoms with E-state index in [4.69, 9.17) is 19.0 Å². The van der Waals surface area contributed by atoms with E-state index in [0.717, 1.165) is 32.5 Å². The van der Waals surface area contributed by atoms with Gasteiger partial charge in [0.2, 0.25) is 0 Å². The molecular weight excluding hydrogens is 212 g/mol. The predicted octanol–water partition coefficient (Wildman–Crippen LogP) is 0.193. The molecule has 0 aliphatic heterocycles. The largest absolute Gasteiger partial charge is 0.497 e. The van der Waals surface area contributed by atoms with Crippen molar-refractivity contribution in [3.63, 3.8) is 0 Å². The van der Waals surface area contributed by atoms with E-state index in [2.05, 4.69) is 5.32 Å². The minimum absolute atomic E-state index is 0.667. The smallest absolute Gasteiger partial charge is 0.377 e. The van der Waals surface area contributed by atoms with Gasteiger partial charge in [-0.3, -0.25) is 0 Å². The second-order valence-electron chi connectivity index (χ2n) is 3.36. The van der Waals surface area contributed by atoms with Crippen LogP contribution in [0.25, 0.3) is 0 Å². The van der Waals surface area contributed by atoms with Gasteiger partial charge in [-0.1, -0.05) is 0 Å². The average Bonchev–Trinajstić information content (AvgIpc) is 2.27. The fourth-order valence-corrected chi connectivity index (χ4v) is 1.93. The standard InChI is InChI=1S/C9H24N2O3Si/c1-12-15(3,13-2)14-9-5-8-11-7-4-6-10/h11H,4-10H2,1-3H3. The molecule has 0 saturated carbocycles. The molecule has 0 rings (SSSR count). The van der Waals surface area contributed by atoms with Crippen LogP contribution in [-0.4, -0.2) is 49.3 Å². The number of hydrogen-bond donors (Lipinski definition) is 2. The van der Waals surface area contributed by atoms with E-state index >= 15 is 0 Å². The fourth-order valence-electron chi connectivity index (χ4n) is 1.01. The summed E-state index contributed by atoms with van der Waals surface area (Å²) in [7, 11) is 0.920. The van der Waals surface area contributed by atoms with Crippen molar-refractivity contribution in [2.24, 2.45) is 5.73 Å². The van der Waals surface area contributed by atoms with Gasteiger partial charge in [0, 0.05) is 27.4 Å². The van der Waals surface area contributed by atoms with Crippen LogP contribution < -0.4 is 11.1 Å². The molecule has 0 bridgehead atoms. The summed E-state index contributed by atoms with van der Waals surface area (Å²) in [4.78, 5) is 0. The van der Waals surface area contributed by atoms with E-state index in [1.54, 1.807) is 14.2 Å². The summed E-state index contributed by atoms with van der Waals surface area (Å²) in [6.07, 6.45) is 1.98. The molecule has 0 radical (unpaired) electrons. The summed E-state index contributed by atoms with van der Waals surface area (Å²) in [6, 6.07) is 0. The first-order chi connectivity index (χ1) is 7.18. The zero-order valence-corrected chi connectivity index (χ0v) is 11.0. The van der Waals surface area contributed by atoms with Crippen LogP contribution in [0.15, 0.2) is 0 Å². The Balaban J connectivity index is 3.29. The molecule has 0 aromatic heterocycles. The molecule has 0 unspecified atom stereocenters. The second kappa shape index (κ2) is 9.26. The zero-order valence-electron chi connectivity index (χ0n) is 10.0. The van der Waals surface area contributed by atoms with Crippen LogP contribution in [0.2, 0.25) is 6.55 Å². The van der Waals surface area contributed by atoms with Gasteiger partial charge in [0.05, 0.1) is 0 Å². The molecule has 0 spiro atoms. The van der Waals surface area contributed by atoms with Crippen LogP contribution in [0, 0.1) is 0 Å². The third-order valence-corrected chi connectivity index (χ3v) is 4.37. The number of nitrogens with two attached hydrogens (primary N) is 1. The average molecular weight is 236 g/mol. The lowest BCUT2D eigenvalue weighted by Gasteiger charge is -2.21. The van der Waals surface area contributed by atoms with Crippen LogP contribution >= 0.6 is 0 Å². The van der Waals surface area contributed by atoms with Crippen LogP contribution in [0.3, 0.4) is 0 Å². The normalized spacial score (nSPS) is 12.0. The second-order valence-corrected chi connectivity index (χ2v) is 6.19. The van der Waals surface area contributed by atoms with Crippen LogP contribution in [0.4, 0.5) is 0 Å². The van der Waals surface area contributed by atoms with Crippen molar-refractivity contribution in [1.29, 1.82) is 0 Å². The Morgan fingerprint density at radius 1 is 1.13 bits per heavy atom. The van der Waals surface area contributed by atoms with Gasteiger partial charge >= 0.3 is 8.80 Å². The van der Waals surface area contributed by atoms with Crippen molar-refractivity contribution in [3.8, 4) is 0 Å². The molecule has 0 aliphatic rings. The summed E-state index contributed by atoms with van der Waals surface area (Å²) in [5, 5.41) is 3.28. The molecule has 6 heteroatoms. The first kappa shape index (κ1) is 15.0. The molecule has 92 valence electrons. The third-order valence-electron chi connectivity index (χ3n) is 2.16. The lowest BCUT2D eigenvalue weighted by atomic mass is 10.4. The quantitative estimate of drug-likeness (QED) is 0.419. The Hall–Kier alpha value is 0.0169. The van der Waals surface area contributed by atoms with Crippen molar-refractivity contribution in [1.82, 2.24) is 5.32 Å². The van der Waals surface area contributed by atoms with E-state index in [1.807, 2.05) is 6.55 Å². The van der Waals surface area contributed by atoms with E-state index in [0.29, 0.717) is 6.61 Å². The van der Waals surface area contributed by atoms with E-state index < -0.39 is 8.80 Å². The monoisotopic (exact) mass is 236 g/mol. The summed E-state index contributed by atoms with van der Waals surface area (Å²) in [5.74, 6) is 0. The van der Waals surface area contributed by atoms with Gasteiger partial charge in [-0.15, -0.1) is 0 Å². The Morgan fingerprint density at radius 3 is 2.27 bits per heavy atom. The van der Waals surface area contributed by atoms with Gasteiger partial charge in [-0.25, -0.2) is 0 Å². The molecule has 15 heavy (non-hydrogen) atoms. The molecular formula is C9H24N2O3Si. The maximum absolute atomic E-state index is 5.56. The highest BCUT2D eigenvalue weighted by Gasteiger charge is 2.31. The molecule has 0 aromatic rings. The van der Waals surface area contributed by atoms with E-state index in [1.165, 1.54) is 0 Å². The van der Waals surface area contributed by atoms with Crippen LogP contribution in [-0.2, 0) is 13.3 Å². The minimum Gasteiger partial charge on any atom is -0.377 e. The minimum atomic E-state index is -2.32. The van der Waals surface area contributed by atoms with E-state index in [-0.39, 0.29) is 0 Å². The highest BCUT2D eigenvalue weighted by Crippen LogP contribution is 2.05. The van der Waals surface area contributed by atoms with Gasteiger partial charge in [-0.2, -0.15) is 0 Å². The highest BCUT2D eigenvalue weighted by molar-refractivity contribution is 6.59. The van der Waals surface area contributed by atoms with Crippen LogP contribution in [0.5, 0.6) is 0 Å². The number of hydrogen-bond acceptors (Lipinski definition) is 5. The van der Waals surface area contributed by atoms with Gasteiger partial charge in [-0.05, 0) is 32.5 Å². The number of rotatable bonds is 10. The maximum Gasteiger partial charge on any atom is 0.497 e. The number of nitrogens with one attached hydrogen (secondary N) is 1. The van der Waals surface area contributed by atoms with Gasteiger partial charge < -0.3 is 24.3 Å². The first-order valence-corrected chi connectivity index (χ1v) is 7.56. The third kappa shape index (κ3) is 7.89. The lowest BCUT2D eigenvalue weighted by molar-refractivity contribution is 0.104. The molecule has 5 nitrogen and oxygen atoms in total. The Kier molecular flexibility index (Phi) is 9.27. The topological polar surface area (TPSA) is 65.7 Å². The molecule has 0 saturated heterocycles. The van der Waals surface area contributed by atoms with Crippen LogP contribution in [0.1, 0.15) is 12.8 Å². The van der Waals surface area contributed by atoms with Crippen molar-refractivity contribution in [3.05, 3.63) is 0 Å². The molecule has 3 N–H and O–H groups in total. The lowest BCUT2D eigenvalue weighted by Crippen LogP contribution is -2.40. The molecule has 0 aromatic carbocycles. The summed E-state index contributed by atoms with van der Waals surface area (Å²) < 4.78 is 15.9. The van der Waals surface area contributed by atoms with E-state index in [9.17, 15) is 0 Å². The summed E-state index contributed by atoms with van der Waals surface area (Å²) in [6.45, 7) is 5.20. The molecule has 0 aliphatic carbocycles. The molecule has 0 amide bonds. The molecule has 0 atom stereocenters. The van der Waals surface area contributed by atoms with Crippen molar-refractivity contribution >= 4 is 8.80 Å². The summed E-state index contributed by atoms with van der Waals surface area (Å²) >= 11 is 0. The fraction of sp³-hybridized carbons (Fsp3) is 1.00. The Labute approximate surface area is 93.6 Å². The maximum atomic E-state index is 5.56. The summed E-state index contributed by atoms with van der Waals surface area (Å²) in [5.41, 5.74) is 5.37. The Bertz CT molecular complexity index is 145. The van der Waals surface area contributed by atoms with Gasteiger partial charge in [0.1, 0.15) is 0 Å². The SMILES string of the molecule is CO[Si](C)(OC)OCCCNCCCN. The first-order valence-electron chi connectivity index (χ1n) is 5.33. The van der Waals surface area contributed by atoms with Crippen molar-refractivity contribution in [2.75, 3.05) is 40.5 Å². The molecule has 0 fully saturated rings. The van der Waals surface area contributed by atoms with Crippen molar-refractivity contribution < 1.29 is 13.3 Å². The van der Waals surface area contributed by atoms with Crippen molar-refractivity contribution in [2.45, 2.75) is 19.4 Å². The van der Waals surface area contributed by atoms with Gasteiger partial charge in [0.25, 0.3) is 0 Å². The molecule has 0 heterocycles. The Morgan fingerprint density at radius 2 is 1.73 bits per heavy atom.